The van der Waals surface area contributed by atoms with E-state index < -0.39 is 23.7 Å². The zero-order valence-electron chi connectivity index (χ0n) is 16.0. The standard InChI is InChI=1S/C21H22FN3O4/c1-14(29-18-7-3-2-6-17(18)22)20(27)23-24-21(28)15-9-11-16(12-10-15)25-13-5-4-8-19(25)26/h2-3,6-7,9-12,14H,4-5,8,13H2,1H3,(H,23,27)(H,24,28). The van der Waals surface area contributed by atoms with Gasteiger partial charge in [-0.3, -0.25) is 25.2 Å². The molecule has 0 bridgehead atoms. The highest BCUT2D eigenvalue weighted by molar-refractivity contribution is 5.97. The van der Waals surface area contributed by atoms with Crippen molar-refractivity contribution in [3.63, 3.8) is 0 Å². The van der Waals surface area contributed by atoms with Gasteiger partial charge in [0.2, 0.25) is 5.91 Å². The Bertz CT molecular complexity index is 901. The number of para-hydroxylation sites is 1. The summed E-state index contributed by atoms with van der Waals surface area (Å²) < 4.78 is 18.9. The van der Waals surface area contributed by atoms with Crippen LogP contribution in [0.4, 0.5) is 10.1 Å². The molecule has 1 atom stereocenters. The van der Waals surface area contributed by atoms with Crippen molar-refractivity contribution >= 4 is 23.4 Å². The molecule has 1 fully saturated rings. The number of anilines is 1. The van der Waals surface area contributed by atoms with E-state index in [9.17, 15) is 18.8 Å². The smallest absolute Gasteiger partial charge is 0.279 e. The number of ether oxygens (including phenoxy) is 1. The van der Waals surface area contributed by atoms with E-state index in [2.05, 4.69) is 10.9 Å². The second-order valence-corrected chi connectivity index (χ2v) is 6.68. The molecule has 2 aromatic rings. The van der Waals surface area contributed by atoms with E-state index >= 15 is 0 Å². The van der Waals surface area contributed by atoms with Gasteiger partial charge in [-0.25, -0.2) is 4.39 Å². The van der Waals surface area contributed by atoms with E-state index in [1.807, 2.05) is 0 Å². The minimum atomic E-state index is -1.01. The van der Waals surface area contributed by atoms with Crippen LogP contribution in [0.2, 0.25) is 0 Å². The van der Waals surface area contributed by atoms with Gasteiger partial charge < -0.3 is 9.64 Å². The molecule has 1 unspecified atom stereocenters. The molecule has 0 radical (unpaired) electrons. The van der Waals surface area contributed by atoms with Crippen LogP contribution in [0.1, 0.15) is 36.5 Å². The van der Waals surface area contributed by atoms with Crippen molar-refractivity contribution in [2.45, 2.75) is 32.3 Å². The molecule has 0 spiro atoms. The Morgan fingerprint density at radius 2 is 1.79 bits per heavy atom. The molecule has 1 aliphatic heterocycles. The summed E-state index contributed by atoms with van der Waals surface area (Å²) in [6.45, 7) is 2.11. The number of hydrazine groups is 1. The summed E-state index contributed by atoms with van der Waals surface area (Å²) in [5, 5.41) is 0. The van der Waals surface area contributed by atoms with Crippen LogP contribution in [0, 0.1) is 5.82 Å². The van der Waals surface area contributed by atoms with E-state index in [4.69, 9.17) is 4.74 Å². The number of hydrogen-bond acceptors (Lipinski definition) is 4. The third-order valence-corrected chi connectivity index (χ3v) is 4.57. The first-order valence-corrected chi connectivity index (χ1v) is 9.37. The first kappa shape index (κ1) is 20.3. The molecule has 8 heteroatoms. The molecule has 2 aromatic carbocycles. The van der Waals surface area contributed by atoms with Crippen LogP contribution in [-0.2, 0) is 9.59 Å². The maximum absolute atomic E-state index is 13.6. The summed E-state index contributed by atoms with van der Waals surface area (Å²) in [7, 11) is 0. The molecule has 1 aliphatic rings. The van der Waals surface area contributed by atoms with Crippen molar-refractivity contribution in [2.24, 2.45) is 0 Å². The van der Waals surface area contributed by atoms with Gasteiger partial charge in [0.05, 0.1) is 0 Å². The number of halogens is 1. The molecule has 0 aromatic heterocycles. The van der Waals surface area contributed by atoms with E-state index in [1.165, 1.54) is 25.1 Å². The number of piperidine rings is 1. The quantitative estimate of drug-likeness (QED) is 0.757. The fraction of sp³-hybridized carbons (Fsp3) is 0.286. The van der Waals surface area contributed by atoms with E-state index in [0.717, 1.165) is 18.5 Å². The summed E-state index contributed by atoms with van der Waals surface area (Å²) in [4.78, 5) is 38.0. The Kier molecular flexibility index (Phi) is 6.43. The lowest BCUT2D eigenvalue weighted by Crippen LogP contribution is -2.47. The van der Waals surface area contributed by atoms with Gasteiger partial charge in [0.25, 0.3) is 11.8 Å². The average molecular weight is 399 g/mol. The van der Waals surface area contributed by atoms with Crippen molar-refractivity contribution in [3.8, 4) is 5.75 Å². The van der Waals surface area contributed by atoms with Gasteiger partial charge >= 0.3 is 0 Å². The van der Waals surface area contributed by atoms with Gasteiger partial charge in [0.1, 0.15) is 0 Å². The van der Waals surface area contributed by atoms with E-state index in [-0.39, 0.29) is 11.7 Å². The van der Waals surface area contributed by atoms with Crippen molar-refractivity contribution < 1.29 is 23.5 Å². The van der Waals surface area contributed by atoms with Gasteiger partial charge in [-0.05, 0) is 56.2 Å². The van der Waals surface area contributed by atoms with E-state index in [1.54, 1.807) is 35.2 Å². The molecule has 0 aliphatic carbocycles. The summed E-state index contributed by atoms with van der Waals surface area (Å²) in [6.07, 6.45) is 1.36. The number of rotatable bonds is 5. The fourth-order valence-corrected chi connectivity index (χ4v) is 2.95. The molecule has 152 valence electrons. The van der Waals surface area contributed by atoms with Crippen LogP contribution >= 0.6 is 0 Å². The van der Waals surface area contributed by atoms with Crippen LogP contribution in [0.15, 0.2) is 48.5 Å². The van der Waals surface area contributed by atoms with Crippen molar-refractivity contribution in [1.29, 1.82) is 0 Å². The van der Waals surface area contributed by atoms with Crippen LogP contribution in [-0.4, -0.2) is 30.4 Å². The lowest BCUT2D eigenvalue weighted by Gasteiger charge is -2.26. The largest absolute Gasteiger partial charge is 0.478 e. The van der Waals surface area contributed by atoms with Crippen molar-refractivity contribution in [1.82, 2.24) is 10.9 Å². The minimum Gasteiger partial charge on any atom is -0.478 e. The topological polar surface area (TPSA) is 87.7 Å². The normalized spacial score (nSPS) is 14.8. The van der Waals surface area contributed by atoms with Crippen molar-refractivity contribution in [2.75, 3.05) is 11.4 Å². The van der Waals surface area contributed by atoms with Gasteiger partial charge in [-0.15, -0.1) is 0 Å². The van der Waals surface area contributed by atoms with Gasteiger partial charge in [-0.2, -0.15) is 0 Å². The molecule has 2 N–H and O–H groups in total. The number of amides is 3. The van der Waals surface area contributed by atoms with Crippen LogP contribution in [0.25, 0.3) is 0 Å². The van der Waals surface area contributed by atoms with Crippen molar-refractivity contribution in [3.05, 3.63) is 59.9 Å². The molecule has 1 heterocycles. The average Bonchev–Trinajstić information content (AvgIpc) is 2.74. The van der Waals surface area contributed by atoms with Crippen LogP contribution < -0.4 is 20.5 Å². The molecule has 3 amide bonds. The lowest BCUT2D eigenvalue weighted by molar-refractivity contribution is -0.128. The Morgan fingerprint density at radius 3 is 2.48 bits per heavy atom. The highest BCUT2D eigenvalue weighted by Gasteiger charge is 2.20. The van der Waals surface area contributed by atoms with Crippen LogP contribution in [0.3, 0.4) is 0 Å². The highest BCUT2D eigenvalue weighted by atomic mass is 19.1. The summed E-state index contributed by atoms with van der Waals surface area (Å²) in [5.41, 5.74) is 5.61. The third-order valence-electron chi connectivity index (χ3n) is 4.57. The zero-order chi connectivity index (χ0) is 20.8. The Hall–Kier alpha value is -3.42. The number of benzene rings is 2. The van der Waals surface area contributed by atoms with Gasteiger partial charge in [0.15, 0.2) is 17.7 Å². The first-order chi connectivity index (χ1) is 14.0. The highest BCUT2D eigenvalue weighted by Crippen LogP contribution is 2.21. The van der Waals surface area contributed by atoms with Crippen LogP contribution in [0.5, 0.6) is 5.75 Å². The number of carbonyl (C=O) groups excluding carboxylic acids is 3. The third kappa shape index (κ3) is 5.10. The lowest BCUT2D eigenvalue weighted by atomic mass is 10.1. The maximum Gasteiger partial charge on any atom is 0.279 e. The number of nitrogens with one attached hydrogen (secondary N) is 2. The molecule has 29 heavy (non-hydrogen) atoms. The molecule has 7 nitrogen and oxygen atoms in total. The van der Waals surface area contributed by atoms with E-state index in [0.29, 0.717) is 18.5 Å². The number of hydrogen-bond donors (Lipinski definition) is 2. The maximum atomic E-state index is 13.6. The predicted octanol–water partition coefficient (Wildman–Crippen LogP) is 2.57. The molecular formula is C21H22FN3O4. The Labute approximate surface area is 167 Å². The summed E-state index contributed by atoms with van der Waals surface area (Å²) in [6, 6.07) is 12.3. The monoisotopic (exact) mass is 399 g/mol. The van der Waals surface area contributed by atoms with Gasteiger partial charge in [0, 0.05) is 24.2 Å². The fourth-order valence-electron chi connectivity index (χ4n) is 2.95. The number of carbonyl (C=O) groups is 3. The molecule has 3 rings (SSSR count). The Morgan fingerprint density at radius 1 is 1.07 bits per heavy atom. The Balaban J connectivity index is 1.52. The minimum absolute atomic E-state index is 0.0516. The first-order valence-electron chi connectivity index (χ1n) is 9.37. The zero-order valence-corrected chi connectivity index (χ0v) is 16.0. The molecule has 1 saturated heterocycles. The second-order valence-electron chi connectivity index (χ2n) is 6.68. The SMILES string of the molecule is CC(Oc1ccccc1F)C(=O)NNC(=O)c1ccc(N2CCCCC2=O)cc1. The second kappa shape index (κ2) is 9.18. The predicted molar refractivity (Wildman–Crippen MR) is 105 cm³/mol. The van der Waals surface area contributed by atoms with Gasteiger partial charge in [-0.1, -0.05) is 12.1 Å². The molecular weight excluding hydrogens is 377 g/mol. The molecule has 0 saturated carbocycles. The number of nitrogens with zero attached hydrogens (tertiary/aromatic N) is 1. The summed E-state index contributed by atoms with van der Waals surface area (Å²) in [5.74, 6) is -1.71. The summed E-state index contributed by atoms with van der Waals surface area (Å²) >= 11 is 0.